The number of aromatic carboxylic acids is 1. The molecule has 4 rings (SSSR count). The topological polar surface area (TPSA) is 147 Å². The fraction of sp³-hybridized carbons (Fsp3) is 0.464. The average Bonchev–Trinajstić information content (AvgIpc) is 3.78. The Morgan fingerprint density at radius 1 is 1.12 bits per heavy atom. The van der Waals surface area contributed by atoms with Crippen LogP contribution in [0.2, 0.25) is 0 Å². The third kappa shape index (κ3) is 6.72. The summed E-state index contributed by atoms with van der Waals surface area (Å²) in [5, 5.41) is 14.2. The SMILES string of the molecule is COc1c(N2CCC/C(=C(\F)CNC(=O)CNC(=O)CCC(C)=O)C2)c(F)cc2c(=O)c(C(=O)O)cn(C3CC3)c12. The minimum absolute atomic E-state index is 0.00312. The first-order chi connectivity index (χ1) is 19.5. The van der Waals surface area contributed by atoms with E-state index in [2.05, 4.69) is 10.6 Å². The first-order valence-electron chi connectivity index (χ1n) is 13.3. The summed E-state index contributed by atoms with van der Waals surface area (Å²) in [6.45, 7) is 0.952. The van der Waals surface area contributed by atoms with Crippen molar-refractivity contribution >= 4 is 40.2 Å². The summed E-state index contributed by atoms with van der Waals surface area (Å²) in [6, 6.07) is 0.959. The molecule has 2 aromatic rings. The Morgan fingerprint density at radius 3 is 2.46 bits per heavy atom. The van der Waals surface area contributed by atoms with Gasteiger partial charge in [-0.2, -0.15) is 0 Å². The number of benzene rings is 1. The second-order valence-corrected chi connectivity index (χ2v) is 10.2. The lowest BCUT2D eigenvalue weighted by Gasteiger charge is -2.33. The van der Waals surface area contributed by atoms with E-state index < -0.39 is 47.0 Å². The number of carboxylic acid groups (broad SMARTS) is 1. The number of ether oxygens (including phenoxy) is 1. The summed E-state index contributed by atoms with van der Waals surface area (Å²) in [5.41, 5.74) is -0.593. The Bertz CT molecular complexity index is 1500. The third-order valence-corrected chi connectivity index (χ3v) is 7.15. The van der Waals surface area contributed by atoms with E-state index in [1.807, 2.05) is 0 Å². The molecule has 2 amide bonds. The Labute approximate surface area is 234 Å². The summed E-state index contributed by atoms with van der Waals surface area (Å²) in [7, 11) is 1.33. The number of carbonyl (C=O) groups is 4. The smallest absolute Gasteiger partial charge is 0.341 e. The van der Waals surface area contributed by atoms with Crippen LogP contribution >= 0.6 is 0 Å². The first-order valence-corrected chi connectivity index (χ1v) is 13.3. The van der Waals surface area contributed by atoms with Crippen LogP contribution in [0, 0.1) is 5.82 Å². The molecule has 2 fully saturated rings. The number of piperidine rings is 1. The van der Waals surface area contributed by atoms with Crippen molar-refractivity contribution < 1.29 is 37.8 Å². The van der Waals surface area contributed by atoms with Gasteiger partial charge in [-0.25, -0.2) is 13.6 Å². The van der Waals surface area contributed by atoms with Gasteiger partial charge in [-0.1, -0.05) is 0 Å². The Morgan fingerprint density at radius 2 is 1.83 bits per heavy atom. The number of pyridine rings is 1. The Hall–Kier alpha value is -4.29. The molecule has 2 aliphatic rings. The van der Waals surface area contributed by atoms with E-state index >= 15 is 8.78 Å². The van der Waals surface area contributed by atoms with Crippen LogP contribution in [0.3, 0.4) is 0 Å². The zero-order chi connectivity index (χ0) is 29.8. The highest BCUT2D eigenvalue weighted by Crippen LogP contribution is 2.44. The van der Waals surface area contributed by atoms with Gasteiger partial charge in [0.2, 0.25) is 17.2 Å². The number of anilines is 1. The molecule has 1 saturated heterocycles. The van der Waals surface area contributed by atoms with Gasteiger partial charge >= 0.3 is 5.97 Å². The fourth-order valence-corrected chi connectivity index (χ4v) is 4.93. The predicted octanol–water partition coefficient (Wildman–Crippen LogP) is 2.61. The molecule has 3 N–H and O–H groups in total. The fourth-order valence-electron chi connectivity index (χ4n) is 4.93. The number of methoxy groups -OCH3 is 1. The van der Waals surface area contributed by atoms with Crippen molar-refractivity contribution in [3.8, 4) is 5.75 Å². The number of carbonyl (C=O) groups excluding carboxylic acids is 3. The van der Waals surface area contributed by atoms with Gasteiger partial charge in [-0.05, 0) is 44.2 Å². The van der Waals surface area contributed by atoms with Crippen LogP contribution in [0.4, 0.5) is 14.5 Å². The molecule has 11 nitrogen and oxygen atoms in total. The summed E-state index contributed by atoms with van der Waals surface area (Å²) < 4.78 is 38.0. The molecule has 2 heterocycles. The number of fused-ring (bicyclic) bond motifs is 1. The van der Waals surface area contributed by atoms with Crippen LogP contribution in [0.25, 0.3) is 10.9 Å². The molecule has 1 aromatic carbocycles. The first kappa shape index (κ1) is 29.7. The largest absolute Gasteiger partial charge is 0.492 e. The Balaban J connectivity index is 1.55. The molecule has 1 aliphatic carbocycles. The lowest BCUT2D eigenvalue weighted by Crippen LogP contribution is -2.38. The van der Waals surface area contributed by atoms with Crippen molar-refractivity contribution in [1.29, 1.82) is 0 Å². The number of carboxylic acids is 1. The van der Waals surface area contributed by atoms with Gasteiger partial charge in [0.15, 0.2) is 11.6 Å². The van der Waals surface area contributed by atoms with Gasteiger partial charge in [0.1, 0.15) is 22.9 Å². The van der Waals surface area contributed by atoms with Crippen LogP contribution in [0.1, 0.15) is 61.8 Å². The van der Waals surface area contributed by atoms with Crippen molar-refractivity contribution in [2.75, 3.05) is 38.2 Å². The maximum absolute atomic E-state index is 15.6. The summed E-state index contributed by atoms with van der Waals surface area (Å²) in [4.78, 5) is 60.9. The average molecular weight is 575 g/mol. The van der Waals surface area contributed by atoms with Crippen LogP contribution < -0.4 is 25.7 Å². The molecule has 0 atom stereocenters. The zero-order valence-corrected chi connectivity index (χ0v) is 22.9. The number of amides is 2. The van der Waals surface area contributed by atoms with Crippen LogP contribution in [-0.4, -0.2) is 66.5 Å². The maximum atomic E-state index is 15.6. The molecule has 0 bridgehead atoms. The van der Waals surface area contributed by atoms with Gasteiger partial charge < -0.3 is 34.7 Å². The quantitative estimate of drug-likeness (QED) is 0.371. The molecule has 0 unspecified atom stereocenters. The molecule has 0 radical (unpaired) electrons. The molecular weight excluding hydrogens is 542 g/mol. The van der Waals surface area contributed by atoms with E-state index in [1.165, 1.54) is 20.2 Å². The number of nitrogens with zero attached hydrogens (tertiary/aromatic N) is 2. The van der Waals surface area contributed by atoms with E-state index in [0.29, 0.717) is 25.0 Å². The summed E-state index contributed by atoms with van der Waals surface area (Å²) in [5.74, 6) is -3.94. The number of Topliss-reactive ketones (excluding diaryl/α,β-unsaturated/α-hetero) is 1. The predicted molar refractivity (Wildman–Crippen MR) is 145 cm³/mol. The van der Waals surface area contributed by atoms with Gasteiger partial charge in [-0.15, -0.1) is 0 Å². The zero-order valence-electron chi connectivity index (χ0n) is 22.9. The highest BCUT2D eigenvalue weighted by Gasteiger charge is 2.32. The van der Waals surface area contributed by atoms with Crippen LogP contribution in [-0.2, 0) is 14.4 Å². The minimum Gasteiger partial charge on any atom is -0.492 e. The molecule has 1 aliphatic heterocycles. The second kappa shape index (κ2) is 12.5. The van der Waals surface area contributed by atoms with Gasteiger partial charge in [0.25, 0.3) is 0 Å². The van der Waals surface area contributed by atoms with E-state index in [1.54, 1.807) is 9.47 Å². The van der Waals surface area contributed by atoms with Crippen LogP contribution in [0.15, 0.2) is 28.5 Å². The number of hydrogen-bond donors (Lipinski definition) is 3. The van der Waals surface area contributed by atoms with Crippen molar-refractivity contribution in [3.05, 3.63) is 45.3 Å². The van der Waals surface area contributed by atoms with E-state index in [4.69, 9.17) is 4.74 Å². The van der Waals surface area contributed by atoms with Crippen LogP contribution in [0.5, 0.6) is 5.75 Å². The van der Waals surface area contributed by atoms with Crippen molar-refractivity contribution in [1.82, 2.24) is 15.2 Å². The summed E-state index contributed by atoms with van der Waals surface area (Å²) in [6.07, 6.45) is 3.69. The van der Waals surface area contributed by atoms with Gasteiger partial charge in [-0.3, -0.25) is 14.4 Å². The molecule has 41 heavy (non-hydrogen) atoms. The number of ketones is 1. The van der Waals surface area contributed by atoms with E-state index in [9.17, 15) is 29.1 Å². The number of rotatable bonds is 11. The van der Waals surface area contributed by atoms with Gasteiger partial charge in [0.05, 0.1) is 31.1 Å². The minimum atomic E-state index is -1.40. The van der Waals surface area contributed by atoms with Gasteiger partial charge in [0, 0.05) is 38.2 Å². The number of aromatic nitrogens is 1. The third-order valence-electron chi connectivity index (χ3n) is 7.15. The molecule has 1 aromatic heterocycles. The lowest BCUT2D eigenvalue weighted by molar-refractivity contribution is -0.127. The summed E-state index contributed by atoms with van der Waals surface area (Å²) >= 11 is 0. The van der Waals surface area contributed by atoms with Crippen molar-refractivity contribution in [2.45, 2.75) is 51.5 Å². The molecule has 1 saturated carbocycles. The molecular formula is C28H32F2N4O7. The highest BCUT2D eigenvalue weighted by molar-refractivity contribution is 5.97. The number of hydrogen-bond acceptors (Lipinski definition) is 7. The molecule has 13 heteroatoms. The monoisotopic (exact) mass is 574 g/mol. The van der Waals surface area contributed by atoms with E-state index in [0.717, 1.165) is 18.9 Å². The Kier molecular flexibility index (Phi) is 9.04. The number of halogens is 2. The molecule has 220 valence electrons. The normalized spacial score (nSPS) is 16.3. The highest BCUT2D eigenvalue weighted by atomic mass is 19.1. The van der Waals surface area contributed by atoms with Crippen molar-refractivity contribution in [2.24, 2.45) is 0 Å². The number of nitrogens with one attached hydrogen (secondary N) is 2. The molecule has 0 spiro atoms. The second-order valence-electron chi connectivity index (χ2n) is 10.2. The van der Waals surface area contributed by atoms with E-state index in [-0.39, 0.29) is 60.1 Å². The standard InChI is InChI=1S/C28H32F2N4O7/c1-15(35)5-8-22(36)32-12-23(37)31-11-21(30)16-4-3-9-33(13-16)25-20(29)10-18-24(27(25)41-2)34(17-6-7-17)14-19(26(18)38)28(39)40/h10,14,17H,3-9,11-13H2,1-2H3,(H,31,37)(H,32,36)(H,39,40)/b21-16+. The lowest BCUT2D eigenvalue weighted by atomic mass is 10.0. The van der Waals surface area contributed by atoms with Crippen molar-refractivity contribution in [3.63, 3.8) is 0 Å². The maximum Gasteiger partial charge on any atom is 0.341 e.